The molecule has 3 rings (SSSR count). The van der Waals surface area contributed by atoms with Gasteiger partial charge in [0.2, 0.25) is 5.91 Å². The van der Waals surface area contributed by atoms with Crippen molar-refractivity contribution in [1.29, 1.82) is 0 Å². The van der Waals surface area contributed by atoms with Crippen LogP contribution in [0.2, 0.25) is 0 Å². The van der Waals surface area contributed by atoms with E-state index in [1.807, 2.05) is 43.7 Å². The molecule has 0 bridgehead atoms. The number of amides is 1. The molecular formula is C19H26N4O2. The van der Waals surface area contributed by atoms with Gasteiger partial charge < -0.3 is 15.4 Å². The molecule has 1 aromatic heterocycles. The lowest BCUT2D eigenvalue weighted by atomic mass is 9.94. The number of nitrogens with one attached hydrogen (secondary N) is 2. The molecule has 1 fully saturated rings. The maximum absolute atomic E-state index is 12.0. The zero-order valence-corrected chi connectivity index (χ0v) is 14.7. The van der Waals surface area contributed by atoms with Crippen molar-refractivity contribution < 1.29 is 9.53 Å². The number of benzene rings is 1. The third-order valence-electron chi connectivity index (χ3n) is 4.50. The summed E-state index contributed by atoms with van der Waals surface area (Å²) in [5.41, 5.74) is 2.13. The fourth-order valence-corrected chi connectivity index (χ4v) is 3.12. The van der Waals surface area contributed by atoms with E-state index in [4.69, 9.17) is 4.74 Å². The van der Waals surface area contributed by atoms with Crippen LogP contribution in [0.5, 0.6) is 5.75 Å². The highest BCUT2D eigenvalue weighted by atomic mass is 16.5. The Morgan fingerprint density at radius 2 is 2.20 bits per heavy atom. The SMILES string of the molecule is Cn1cc(-c2cccc(OCCNC(=O)CC3CCNCC3)c2)cn1. The summed E-state index contributed by atoms with van der Waals surface area (Å²) >= 11 is 0. The highest BCUT2D eigenvalue weighted by Crippen LogP contribution is 2.23. The van der Waals surface area contributed by atoms with Gasteiger partial charge in [0.1, 0.15) is 12.4 Å². The van der Waals surface area contributed by atoms with Gasteiger partial charge in [-0.05, 0) is 49.5 Å². The molecule has 2 aromatic rings. The second-order valence-corrected chi connectivity index (χ2v) is 6.53. The third kappa shape index (κ3) is 5.32. The molecule has 0 saturated carbocycles. The summed E-state index contributed by atoms with van der Waals surface area (Å²) in [6.07, 6.45) is 6.61. The minimum Gasteiger partial charge on any atom is -0.492 e. The number of aryl methyl sites for hydroxylation is 1. The molecule has 1 aromatic carbocycles. The van der Waals surface area contributed by atoms with Crippen molar-refractivity contribution in [3.05, 3.63) is 36.7 Å². The molecular weight excluding hydrogens is 316 g/mol. The first-order chi connectivity index (χ1) is 12.2. The topological polar surface area (TPSA) is 68.2 Å². The van der Waals surface area contributed by atoms with Crippen molar-refractivity contribution in [2.45, 2.75) is 19.3 Å². The van der Waals surface area contributed by atoms with Gasteiger partial charge in [-0.2, -0.15) is 5.10 Å². The number of hydrogen-bond donors (Lipinski definition) is 2. The molecule has 1 saturated heterocycles. The average molecular weight is 342 g/mol. The van der Waals surface area contributed by atoms with Gasteiger partial charge in [0.25, 0.3) is 0 Å². The van der Waals surface area contributed by atoms with Crippen LogP contribution in [0, 0.1) is 5.92 Å². The molecule has 134 valence electrons. The molecule has 2 heterocycles. The largest absolute Gasteiger partial charge is 0.492 e. The van der Waals surface area contributed by atoms with Crippen LogP contribution >= 0.6 is 0 Å². The fraction of sp³-hybridized carbons (Fsp3) is 0.474. The van der Waals surface area contributed by atoms with E-state index < -0.39 is 0 Å². The standard InChI is InChI=1S/C19H26N4O2/c1-23-14-17(13-22-23)16-3-2-4-18(12-16)25-10-9-21-19(24)11-15-5-7-20-8-6-15/h2-4,12-15,20H,5-11H2,1H3,(H,21,24). The Hall–Kier alpha value is -2.34. The lowest BCUT2D eigenvalue weighted by Gasteiger charge is -2.21. The Labute approximate surface area is 148 Å². The molecule has 2 N–H and O–H groups in total. The van der Waals surface area contributed by atoms with Gasteiger partial charge in [-0.1, -0.05) is 12.1 Å². The van der Waals surface area contributed by atoms with E-state index in [1.54, 1.807) is 4.68 Å². The summed E-state index contributed by atoms with van der Waals surface area (Å²) < 4.78 is 7.54. The molecule has 25 heavy (non-hydrogen) atoms. The number of ether oxygens (including phenoxy) is 1. The van der Waals surface area contributed by atoms with Gasteiger partial charge in [0.15, 0.2) is 0 Å². The minimum absolute atomic E-state index is 0.125. The number of carbonyl (C=O) groups is 1. The zero-order chi connectivity index (χ0) is 17.5. The molecule has 0 aliphatic carbocycles. The number of aromatic nitrogens is 2. The van der Waals surface area contributed by atoms with E-state index in [0.717, 1.165) is 42.8 Å². The van der Waals surface area contributed by atoms with E-state index in [-0.39, 0.29) is 5.91 Å². The van der Waals surface area contributed by atoms with Crippen LogP contribution in [-0.4, -0.2) is 41.9 Å². The Morgan fingerprint density at radius 3 is 2.96 bits per heavy atom. The highest BCUT2D eigenvalue weighted by Gasteiger charge is 2.16. The Bertz CT molecular complexity index is 692. The second-order valence-electron chi connectivity index (χ2n) is 6.53. The van der Waals surface area contributed by atoms with Crippen molar-refractivity contribution in [3.8, 4) is 16.9 Å². The van der Waals surface area contributed by atoms with Gasteiger partial charge in [-0.3, -0.25) is 9.48 Å². The van der Waals surface area contributed by atoms with Crippen molar-refractivity contribution >= 4 is 5.91 Å². The van der Waals surface area contributed by atoms with E-state index in [1.165, 1.54) is 0 Å². The lowest BCUT2D eigenvalue weighted by Crippen LogP contribution is -2.33. The smallest absolute Gasteiger partial charge is 0.220 e. The molecule has 0 spiro atoms. The van der Waals surface area contributed by atoms with Gasteiger partial charge in [-0.15, -0.1) is 0 Å². The van der Waals surface area contributed by atoms with E-state index in [2.05, 4.69) is 15.7 Å². The summed E-state index contributed by atoms with van der Waals surface area (Å²) in [6.45, 7) is 3.04. The number of hydrogen-bond acceptors (Lipinski definition) is 4. The fourth-order valence-electron chi connectivity index (χ4n) is 3.12. The van der Waals surface area contributed by atoms with Crippen molar-refractivity contribution in [2.75, 3.05) is 26.2 Å². The third-order valence-corrected chi connectivity index (χ3v) is 4.50. The second kappa shape index (κ2) is 8.67. The van der Waals surface area contributed by atoms with Crippen LogP contribution in [-0.2, 0) is 11.8 Å². The molecule has 6 heteroatoms. The zero-order valence-electron chi connectivity index (χ0n) is 14.7. The lowest BCUT2D eigenvalue weighted by molar-refractivity contribution is -0.122. The van der Waals surface area contributed by atoms with Gasteiger partial charge in [-0.25, -0.2) is 0 Å². The van der Waals surface area contributed by atoms with Gasteiger partial charge in [0.05, 0.1) is 12.7 Å². The first-order valence-electron chi connectivity index (χ1n) is 8.90. The van der Waals surface area contributed by atoms with Crippen LogP contribution < -0.4 is 15.4 Å². The summed E-state index contributed by atoms with van der Waals surface area (Å²) in [7, 11) is 1.90. The van der Waals surface area contributed by atoms with Crippen LogP contribution in [0.25, 0.3) is 11.1 Å². The number of carbonyl (C=O) groups excluding carboxylic acids is 1. The average Bonchev–Trinajstić information content (AvgIpc) is 3.06. The number of piperidine rings is 1. The molecule has 6 nitrogen and oxygen atoms in total. The minimum atomic E-state index is 0.125. The predicted octanol–water partition coefficient (Wildman–Crippen LogP) is 1.97. The van der Waals surface area contributed by atoms with Crippen molar-refractivity contribution in [2.24, 2.45) is 13.0 Å². The van der Waals surface area contributed by atoms with E-state index in [0.29, 0.717) is 25.5 Å². The van der Waals surface area contributed by atoms with Crippen LogP contribution in [0.4, 0.5) is 0 Å². The molecule has 1 amide bonds. The van der Waals surface area contributed by atoms with Gasteiger partial charge >= 0.3 is 0 Å². The molecule has 0 unspecified atom stereocenters. The van der Waals surface area contributed by atoms with Gasteiger partial charge in [0, 0.05) is 25.2 Å². The van der Waals surface area contributed by atoms with E-state index in [9.17, 15) is 4.79 Å². The summed E-state index contributed by atoms with van der Waals surface area (Å²) in [6, 6.07) is 7.92. The Morgan fingerprint density at radius 1 is 1.36 bits per heavy atom. The normalized spacial score (nSPS) is 15.1. The first-order valence-corrected chi connectivity index (χ1v) is 8.90. The van der Waals surface area contributed by atoms with Crippen molar-refractivity contribution in [1.82, 2.24) is 20.4 Å². The summed E-state index contributed by atoms with van der Waals surface area (Å²) in [5.74, 6) is 1.44. The Kier molecular flexibility index (Phi) is 6.06. The maximum Gasteiger partial charge on any atom is 0.220 e. The summed E-state index contributed by atoms with van der Waals surface area (Å²) in [5, 5.41) is 10.5. The van der Waals surface area contributed by atoms with Crippen LogP contribution in [0.15, 0.2) is 36.7 Å². The maximum atomic E-state index is 12.0. The van der Waals surface area contributed by atoms with Crippen molar-refractivity contribution in [3.63, 3.8) is 0 Å². The van der Waals surface area contributed by atoms with E-state index >= 15 is 0 Å². The number of rotatable bonds is 7. The highest BCUT2D eigenvalue weighted by molar-refractivity contribution is 5.76. The number of nitrogens with zero attached hydrogens (tertiary/aromatic N) is 2. The predicted molar refractivity (Wildman–Crippen MR) is 97.4 cm³/mol. The Balaban J connectivity index is 1.40. The molecule has 0 radical (unpaired) electrons. The molecule has 1 aliphatic rings. The molecule has 0 atom stereocenters. The molecule has 1 aliphatic heterocycles. The first kappa shape index (κ1) is 17.5. The summed E-state index contributed by atoms with van der Waals surface area (Å²) in [4.78, 5) is 12.0. The monoisotopic (exact) mass is 342 g/mol. The quantitative estimate of drug-likeness (QED) is 0.755. The van der Waals surface area contributed by atoms with Crippen LogP contribution in [0.3, 0.4) is 0 Å². The van der Waals surface area contributed by atoms with Crippen LogP contribution in [0.1, 0.15) is 19.3 Å².